The first-order valence-electron chi connectivity index (χ1n) is 9.50. The Morgan fingerprint density at radius 2 is 1.79 bits per heavy atom. The average molecular weight is 403 g/mol. The molecular weight excluding hydrogens is 376 g/mol. The van der Waals surface area contributed by atoms with Gasteiger partial charge in [-0.05, 0) is 55.5 Å². The van der Waals surface area contributed by atoms with Crippen LogP contribution < -0.4 is 9.46 Å². The van der Waals surface area contributed by atoms with E-state index in [9.17, 15) is 13.2 Å². The number of carbonyl (C=O) groups excluding carboxylic acids is 1. The molecule has 6 nitrogen and oxygen atoms in total. The lowest BCUT2D eigenvalue weighted by molar-refractivity contribution is -0.134. The van der Waals surface area contributed by atoms with E-state index in [1.54, 1.807) is 19.1 Å². The predicted octanol–water partition coefficient (Wildman–Crippen LogP) is 2.86. The van der Waals surface area contributed by atoms with Gasteiger partial charge in [-0.25, -0.2) is 13.1 Å². The maximum absolute atomic E-state index is 12.5. The molecule has 0 radical (unpaired) electrons. The Labute approximate surface area is 166 Å². The maximum Gasteiger partial charge on any atom is 0.260 e. The standard InChI is InChI=1S/C21H26N2O4S/c1-17-14-19(28(25,26)22-15-18-8-4-2-5-9-18)10-11-20(17)27-16-21(24)23-12-6-3-7-13-23/h2,4-5,8-11,14,22H,3,6-7,12-13,15-16H2,1H3. The highest BCUT2D eigenvalue weighted by molar-refractivity contribution is 7.89. The number of likely N-dealkylation sites (tertiary alicyclic amines) is 1. The fourth-order valence-electron chi connectivity index (χ4n) is 3.18. The molecule has 1 heterocycles. The second-order valence-electron chi connectivity index (χ2n) is 6.97. The van der Waals surface area contributed by atoms with Crippen LogP contribution in [0.25, 0.3) is 0 Å². The van der Waals surface area contributed by atoms with E-state index >= 15 is 0 Å². The summed E-state index contributed by atoms with van der Waals surface area (Å²) in [5.41, 5.74) is 1.56. The fourth-order valence-corrected chi connectivity index (χ4v) is 4.29. The molecule has 1 fully saturated rings. The summed E-state index contributed by atoms with van der Waals surface area (Å²) in [6.45, 7) is 3.54. The monoisotopic (exact) mass is 402 g/mol. The normalized spacial score (nSPS) is 14.7. The zero-order valence-electron chi connectivity index (χ0n) is 16.1. The lowest BCUT2D eigenvalue weighted by Gasteiger charge is -2.26. The van der Waals surface area contributed by atoms with E-state index in [2.05, 4.69) is 4.72 Å². The Balaban J connectivity index is 1.60. The van der Waals surface area contributed by atoms with Crippen LogP contribution in [0.1, 0.15) is 30.4 Å². The topological polar surface area (TPSA) is 75.7 Å². The van der Waals surface area contributed by atoms with Gasteiger partial charge in [0, 0.05) is 19.6 Å². The predicted molar refractivity (Wildman–Crippen MR) is 108 cm³/mol. The molecule has 1 N–H and O–H groups in total. The van der Waals surface area contributed by atoms with Gasteiger partial charge < -0.3 is 9.64 Å². The Morgan fingerprint density at radius 1 is 1.07 bits per heavy atom. The number of hydrogen-bond donors (Lipinski definition) is 1. The average Bonchev–Trinajstić information content (AvgIpc) is 2.72. The van der Waals surface area contributed by atoms with Crippen LogP contribution >= 0.6 is 0 Å². The number of rotatable bonds is 7. The summed E-state index contributed by atoms with van der Waals surface area (Å²) in [7, 11) is -3.63. The van der Waals surface area contributed by atoms with Crippen molar-refractivity contribution in [3.8, 4) is 5.75 Å². The third-order valence-electron chi connectivity index (χ3n) is 4.83. The number of amides is 1. The number of carbonyl (C=O) groups is 1. The number of piperidine rings is 1. The van der Waals surface area contributed by atoms with Crippen LogP contribution in [-0.2, 0) is 21.4 Å². The lowest BCUT2D eigenvalue weighted by atomic mass is 10.1. The SMILES string of the molecule is Cc1cc(S(=O)(=O)NCc2ccccc2)ccc1OCC(=O)N1CCCCC1. The zero-order chi connectivity index (χ0) is 20.0. The molecule has 2 aromatic carbocycles. The van der Waals surface area contributed by atoms with Crippen LogP contribution in [-0.4, -0.2) is 38.9 Å². The first kappa shape index (κ1) is 20.4. The number of nitrogens with zero attached hydrogens (tertiary/aromatic N) is 1. The van der Waals surface area contributed by atoms with Crippen molar-refractivity contribution in [3.05, 3.63) is 59.7 Å². The minimum Gasteiger partial charge on any atom is -0.483 e. The fraction of sp³-hybridized carbons (Fsp3) is 0.381. The molecule has 7 heteroatoms. The van der Waals surface area contributed by atoms with Gasteiger partial charge in [0.25, 0.3) is 5.91 Å². The minimum absolute atomic E-state index is 0.0275. The number of aryl methyl sites for hydroxylation is 1. The van der Waals surface area contributed by atoms with E-state index < -0.39 is 10.0 Å². The minimum atomic E-state index is -3.63. The van der Waals surface area contributed by atoms with Crippen molar-refractivity contribution in [3.63, 3.8) is 0 Å². The molecule has 2 aromatic rings. The highest BCUT2D eigenvalue weighted by Crippen LogP contribution is 2.22. The van der Waals surface area contributed by atoms with E-state index in [-0.39, 0.29) is 24.0 Å². The molecule has 1 amide bonds. The summed E-state index contributed by atoms with van der Waals surface area (Å²) < 4.78 is 33.3. The number of sulfonamides is 1. The molecule has 3 rings (SSSR count). The highest BCUT2D eigenvalue weighted by atomic mass is 32.2. The van der Waals surface area contributed by atoms with E-state index in [1.165, 1.54) is 6.07 Å². The van der Waals surface area contributed by atoms with Crippen molar-refractivity contribution in [2.24, 2.45) is 0 Å². The summed E-state index contributed by atoms with van der Waals surface area (Å²) >= 11 is 0. The molecule has 1 aliphatic heterocycles. The Bertz CT molecular complexity index is 907. The Kier molecular flexibility index (Phi) is 6.70. The lowest BCUT2D eigenvalue weighted by Crippen LogP contribution is -2.38. The Hall–Kier alpha value is -2.38. The van der Waals surface area contributed by atoms with E-state index in [0.29, 0.717) is 11.3 Å². The molecule has 28 heavy (non-hydrogen) atoms. The number of benzene rings is 2. The van der Waals surface area contributed by atoms with Crippen LogP contribution in [0.3, 0.4) is 0 Å². The molecule has 0 atom stereocenters. The van der Waals surface area contributed by atoms with Crippen LogP contribution in [0.2, 0.25) is 0 Å². The smallest absolute Gasteiger partial charge is 0.260 e. The quantitative estimate of drug-likeness (QED) is 0.773. The van der Waals surface area contributed by atoms with Gasteiger partial charge in [-0.2, -0.15) is 0 Å². The van der Waals surface area contributed by atoms with Crippen LogP contribution in [0.15, 0.2) is 53.4 Å². The molecule has 0 spiro atoms. The number of nitrogens with one attached hydrogen (secondary N) is 1. The molecule has 0 unspecified atom stereocenters. The molecule has 1 saturated heterocycles. The van der Waals surface area contributed by atoms with Crippen molar-refractivity contribution in [1.29, 1.82) is 0 Å². The summed E-state index contributed by atoms with van der Waals surface area (Å²) in [5, 5.41) is 0. The zero-order valence-corrected chi connectivity index (χ0v) is 16.9. The van der Waals surface area contributed by atoms with Crippen molar-refractivity contribution in [2.75, 3.05) is 19.7 Å². The molecule has 0 aliphatic carbocycles. The number of ether oxygens (including phenoxy) is 1. The van der Waals surface area contributed by atoms with Gasteiger partial charge in [0.05, 0.1) is 4.90 Å². The van der Waals surface area contributed by atoms with Gasteiger partial charge in [-0.15, -0.1) is 0 Å². The van der Waals surface area contributed by atoms with Gasteiger partial charge in [0.1, 0.15) is 5.75 Å². The number of hydrogen-bond acceptors (Lipinski definition) is 4. The first-order valence-corrected chi connectivity index (χ1v) is 11.0. The first-order chi connectivity index (χ1) is 13.5. The van der Waals surface area contributed by atoms with Crippen LogP contribution in [0.4, 0.5) is 0 Å². The summed E-state index contributed by atoms with van der Waals surface area (Å²) in [6.07, 6.45) is 3.23. The molecule has 0 bridgehead atoms. The van der Waals surface area contributed by atoms with E-state index in [1.807, 2.05) is 35.2 Å². The second-order valence-corrected chi connectivity index (χ2v) is 8.73. The molecule has 0 aromatic heterocycles. The molecule has 150 valence electrons. The van der Waals surface area contributed by atoms with Crippen molar-refractivity contribution >= 4 is 15.9 Å². The van der Waals surface area contributed by atoms with Crippen LogP contribution in [0.5, 0.6) is 5.75 Å². The van der Waals surface area contributed by atoms with Gasteiger partial charge in [-0.3, -0.25) is 4.79 Å². The van der Waals surface area contributed by atoms with Crippen molar-refractivity contribution in [2.45, 2.75) is 37.6 Å². The third-order valence-corrected chi connectivity index (χ3v) is 6.22. The van der Waals surface area contributed by atoms with Gasteiger partial charge in [0.2, 0.25) is 10.0 Å². The maximum atomic E-state index is 12.5. The Morgan fingerprint density at radius 3 is 2.46 bits per heavy atom. The largest absolute Gasteiger partial charge is 0.483 e. The molecule has 1 aliphatic rings. The third kappa shape index (κ3) is 5.33. The van der Waals surface area contributed by atoms with Gasteiger partial charge >= 0.3 is 0 Å². The summed E-state index contributed by atoms with van der Waals surface area (Å²) in [6, 6.07) is 14.0. The second kappa shape index (κ2) is 9.21. The van der Waals surface area contributed by atoms with Gasteiger partial charge in [-0.1, -0.05) is 30.3 Å². The highest BCUT2D eigenvalue weighted by Gasteiger charge is 2.18. The van der Waals surface area contributed by atoms with Crippen molar-refractivity contribution in [1.82, 2.24) is 9.62 Å². The molecule has 0 saturated carbocycles. The van der Waals surface area contributed by atoms with Gasteiger partial charge in [0.15, 0.2) is 6.61 Å². The van der Waals surface area contributed by atoms with E-state index in [0.717, 1.165) is 37.9 Å². The molecular formula is C21H26N2O4S. The van der Waals surface area contributed by atoms with E-state index in [4.69, 9.17) is 4.74 Å². The van der Waals surface area contributed by atoms with Crippen molar-refractivity contribution < 1.29 is 17.9 Å². The van der Waals surface area contributed by atoms with Crippen LogP contribution in [0, 0.1) is 6.92 Å². The summed E-state index contributed by atoms with van der Waals surface area (Å²) in [5.74, 6) is 0.493. The summed E-state index contributed by atoms with van der Waals surface area (Å²) in [4.78, 5) is 14.2.